The molecule has 0 saturated carbocycles. The van der Waals surface area contributed by atoms with Crippen LogP contribution in [0.1, 0.15) is 26.2 Å². The first-order valence-corrected chi connectivity index (χ1v) is 7.90. The van der Waals surface area contributed by atoms with E-state index < -0.39 is 0 Å². The first kappa shape index (κ1) is 19.8. The number of rotatable bonds is 14. The molecule has 6 heteroatoms. The van der Waals surface area contributed by atoms with Gasteiger partial charge in [0.25, 0.3) is 0 Å². The molecule has 0 radical (unpaired) electrons. The van der Waals surface area contributed by atoms with Crippen LogP contribution in [-0.2, 0) is 0 Å². The molecule has 1 atom stereocenters. The fraction of sp³-hybridized carbons (Fsp3) is 1.00. The molecule has 0 spiro atoms. The SMILES string of the molecule is CCCCC(CN(CCN)CCO)N(CCN)CCN. The molecule has 122 valence electrons. The average molecular weight is 289 g/mol. The Bertz CT molecular complexity index is 194. The van der Waals surface area contributed by atoms with Crippen molar-refractivity contribution in [2.45, 2.75) is 32.2 Å². The third-order valence-corrected chi connectivity index (χ3v) is 3.57. The number of hydrogen-bond donors (Lipinski definition) is 4. The van der Waals surface area contributed by atoms with Crippen LogP contribution < -0.4 is 17.2 Å². The van der Waals surface area contributed by atoms with Gasteiger partial charge >= 0.3 is 0 Å². The zero-order valence-electron chi connectivity index (χ0n) is 13.1. The molecule has 0 rings (SSSR count). The van der Waals surface area contributed by atoms with Gasteiger partial charge in [-0.3, -0.25) is 9.80 Å². The third-order valence-electron chi connectivity index (χ3n) is 3.57. The summed E-state index contributed by atoms with van der Waals surface area (Å²) in [6.45, 7) is 8.49. The van der Waals surface area contributed by atoms with Gasteiger partial charge in [0.05, 0.1) is 6.61 Å². The van der Waals surface area contributed by atoms with Crippen LogP contribution in [-0.4, -0.2) is 79.9 Å². The van der Waals surface area contributed by atoms with E-state index in [1.807, 2.05) is 0 Å². The van der Waals surface area contributed by atoms with Crippen molar-refractivity contribution in [2.24, 2.45) is 17.2 Å². The molecule has 0 aromatic carbocycles. The predicted octanol–water partition coefficient (Wildman–Crippen LogP) is -0.982. The maximum Gasteiger partial charge on any atom is 0.0558 e. The quantitative estimate of drug-likeness (QED) is 0.327. The Balaban J connectivity index is 4.61. The highest BCUT2D eigenvalue weighted by molar-refractivity contribution is 4.77. The Labute approximate surface area is 124 Å². The summed E-state index contributed by atoms with van der Waals surface area (Å²) in [7, 11) is 0. The molecule has 20 heavy (non-hydrogen) atoms. The molecule has 0 aliphatic carbocycles. The van der Waals surface area contributed by atoms with Crippen LogP contribution in [0.4, 0.5) is 0 Å². The van der Waals surface area contributed by atoms with Gasteiger partial charge in [0.2, 0.25) is 0 Å². The van der Waals surface area contributed by atoms with Crippen LogP contribution in [0.15, 0.2) is 0 Å². The molecular formula is C14H35N5O. The Morgan fingerprint density at radius 1 is 0.950 bits per heavy atom. The van der Waals surface area contributed by atoms with Gasteiger partial charge in [0.15, 0.2) is 0 Å². The highest BCUT2D eigenvalue weighted by atomic mass is 16.3. The van der Waals surface area contributed by atoms with E-state index in [2.05, 4.69) is 16.7 Å². The maximum absolute atomic E-state index is 9.16. The molecule has 1 unspecified atom stereocenters. The second kappa shape index (κ2) is 13.7. The second-order valence-corrected chi connectivity index (χ2v) is 5.22. The van der Waals surface area contributed by atoms with Gasteiger partial charge in [-0.15, -0.1) is 0 Å². The lowest BCUT2D eigenvalue weighted by atomic mass is 10.1. The minimum atomic E-state index is 0.175. The summed E-state index contributed by atoms with van der Waals surface area (Å²) in [4.78, 5) is 4.62. The van der Waals surface area contributed by atoms with Gasteiger partial charge in [-0.25, -0.2) is 0 Å². The molecule has 0 fully saturated rings. The number of aliphatic hydroxyl groups is 1. The van der Waals surface area contributed by atoms with Crippen molar-refractivity contribution >= 4 is 0 Å². The van der Waals surface area contributed by atoms with Crippen LogP contribution in [0.5, 0.6) is 0 Å². The molecule has 0 aromatic rings. The summed E-state index contributed by atoms with van der Waals surface area (Å²) in [6.07, 6.45) is 3.53. The molecule has 0 heterocycles. The van der Waals surface area contributed by atoms with E-state index in [1.54, 1.807) is 0 Å². The van der Waals surface area contributed by atoms with Gasteiger partial charge < -0.3 is 22.3 Å². The standard InChI is InChI=1S/C14H35N5O/c1-2-3-4-14(19(9-6-16)10-7-17)13-18(8-5-15)11-12-20/h14,20H,2-13,15-17H2,1H3. The zero-order chi connectivity index (χ0) is 15.2. The maximum atomic E-state index is 9.16. The van der Waals surface area contributed by atoms with E-state index in [9.17, 15) is 0 Å². The summed E-state index contributed by atoms with van der Waals surface area (Å²) in [5, 5.41) is 9.16. The summed E-state index contributed by atoms with van der Waals surface area (Å²) >= 11 is 0. The Morgan fingerprint density at radius 3 is 2.00 bits per heavy atom. The number of hydrogen-bond acceptors (Lipinski definition) is 6. The van der Waals surface area contributed by atoms with Crippen molar-refractivity contribution in [1.29, 1.82) is 0 Å². The van der Waals surface area contributed by atoms with Crippen molar-refractivity contribution < 1.29 is 5.11 Å². The Morgan fingerprint density at radius 2 is 1.55 bits per heavy atom. The fourth-order valence-electron chi connectivity index (χ4n) is 2.55. The first-order valence-electron chi connectivity index (χ1n) is 7.90. The molecule has 0 aliphatic heterocycles. The van der Waals surface area contributed by atoms with Crippen LogP contribution in [0.3, 0.4) is 0 Å². The molecule has 0 amide bonds. The monoisotopic (exact) mass is 289 g/mol. The van der Waals surface area contributed by atoms with Crippen molar-refractivity contribution in [3.05, 3.63) is 0 Å². The second-order valence-electron chi connectivity index (χ2n) is 5.22. The number of nitrogens with two attached hydrogens (primary N) is 3. The van der Waals surface area contributed by atoms with E-state index in [0.717, 1.165) is 32.6 Å². The molecular weight excluding hydrogens is 254 g/mol. The van der Waals surface area contributed by atoms with Gasteiger partial charge in [-0.05, 0) is 6.42 Å². The fourth-order valence-corrected chi connectivity index (χ4v) is 2.55. The van der Waals surface area contributed by atoms with Crippen LogP contribution in [0, 0.1) is 0 Å². The number of aliphatic hydroxyl groups excluding tert-OH is 1. The van der Waals surface area contributed by atoms with E-state index in [-0.39, 0.29) is 6.61 Å². The van der Waals surface area contributed by atoms with Crippen LogP contribution in [0.25, 0.3) is 0 Å². The first-order chi connectivity index (χ1) is 9.73. The van der Waals surface area contributed by atoms with Crippen molar-refractivity contribution in [3.8, 4) is 0 Å². The lowest BCUT2D eigenvalue weighted by Gasteiger charge is -2.35. The molecule has 0 aliphatic rings. The van der Waals surface area contributed by atoms with Crippen molar-refractivity contribution in [2.75, 3.05) is 59.0 Å². The lowest BCUT2D eigenvalue weighted by Crippen LogP contribution is -2.49. The molecule has 0 bridgehead atoms. The minimum Gasteiger partial charge on any atom is -0.395 e. The van der Waals surface area contributed by atoms with Crippen LogP contribution >= 0.6 is 0 Å². The lowest BCUT2D eigenvalue weighted by molar-refractivity contribution is 0.120. The predicted molar refractivity (Wildman–Crippen MR) is 85.6 cm³/mol. The highest BCUT2D eigenvalue weighted by Crippen LogP contribution is 2.10. The van der Waals surface area contributed by atoms with Gasteiger partial charge in [-0.2, -0.15) is 0 Å². The Hall–Kier alpha value is -0.240. The van der Waals surface area contributed by atoms with Crippen LogP contribution in [0.2, 0.25) is 0 Å². The van der Waals surface area contributed by atoms with Gasteiger partial charge in [0.1, 0.15) is 0 Å². The smallest absolute Gasteiger partial charge is 0.0558 e. The topological polar surface area (TPSA) is 105 Å². The van der Waals surface area contributed by atoms with Crippen molar-refractivity contribution in [3.63, 3.8) is 0 Å². The average Bonchev–Trinajstić information content (AvgIpc) is 2.43. The van der Waals surface area contributed by atoms with E-state index in [1.165, 1.54) is 12.8 Å². The highest BCUT2D eigenvalue weighted by Gasteiger charge is 2.19. The summed E-state index contributed by atoms with van der Waals surface area (Å²) in [5.74, 6) is 0. The molecule has 7 N–H and O–H groups in total. The van der Waals surface area contributed by atoms with Gasteiger partial charge in [0, 0.05) is 58.4 Å². The van der Waals surface area contributed by atoms with E-state index in [0.29, 0.717) is 32.2 Å². The summed E-state index contributed by atoms with van der Waals surface area (Å²) < 4.78 is 0. The molecule has 0 aromatic heterocycles. The van der Waals surface area contributed by atoms with E-state index >= 15 is 0 Å². The minimum absolute atomic E-state index is 0.175. The number of unbranched alkanes of at least 4 members (excludes halogenated alkanes) is 1. The zero-order valence-corrected chi connectivity index (χ0v) is 13.1. The van der Waals surface area contributed by atoms with Crippen molar-refractivity contribution in [1.82, 2.24) is 9.80 Å². The third kappa shape index (κ3) is 8.84. The molecule has 6 nitrogen and oxygen atoms in total. The van der Waals surface area contributed by atoms with E-state index in [4.69, 9.17) is 22.3 Å². The van der Waals surface area contributed by atoms with Gasteiger partial charge in [-0.1, -0.05) is 19.8 Å². The Kier molecular flexibility index (Phi) is 13.6. The summed E-state index contributed by atoms with van der Waals surface area (Å²) in [6, 6.07) is 0.445. The number of nitrogens with zero attached hydrogens (tertiary/aromatic N) is 2. The summed E-state index contributed by atoms with van der Waals surface area (Å²) in [5.41, 5.74) is 17.1. The molecule has 0 saturated heterocycles. The normalized spacial score (nSPS) is 13.3. The largest absolute Gasteiger partial charge is 0.395 e.